The van der Waals surface area contributed by atoms with Crippen molar-refractivity contribution in [2.45, 2.75) is 5.40 Å². The zero-order chi connectivity index (χ0) is 27.1. The Morgan fingerprint density at radius 1 is 1.11 bits per heavy atom. The lowest BCUT2D eigenvalue weighted by Crippen LogP contribution is -2.48. The van der Waals surface area contributed by atoms with E-state index >= 15 is 0 Å². The van der Waals surface area contributed by atoms with Crippen LogP contribution in [0.2, 0.25) is 5.02 Å². The Balaban J connectivity index is 1.33. The molecule has 0 bridgehead atoms. The maximum Gasteiger partial charge on any atom is 0.254 e. The second-order valence-corrected chi connectivity index (χ2v) is 9.16. The SMILES string of the molecule is [B]C([B])(CNC(=O)/C=C/c1ccc(N)nc1)Oc1ccc(-c2ccc(C(=O)N3CCOCC3)cc2)cc1Cl. The number of hydrogen-bond acceptors (Lipinski definition) is 6. The van der Waals surface area contributed by atoms with Gasteiger partial charge in [0.05, 0.1) is 18.2 Å². The number of nitrogens with one attached hydrogen (secondary N) is 1. The molecule has 2 amide bonds. The molecule has 1 aliphatic rings. The summed E-state index contributed by atoms with van der Waals surface area (Å²) in [5.74, 6) is 0.217. The van der Waals surface area contributed by atoms with Crippen LogP contribution in [0, 0.1) is 0 Å². The zero-order valence-corrected chi connectivity index (χ0v) is 21.4. The number of anilines is 1. The predicted octanol–water partition coefficient (Wildman–Crippen LogP) is 2.66. The number of pyridine rings is 1. The van der Waals surface area contributed by atoms with Gasteiger partial charge in [-0.25, -0.2) is 4.98 Å². The van der Waals surface area contributed by atoms with Gasteiger partial charge in [-0.3, -0.25) is 9.59 Å². The van der Waals surface area contributed by atoms with Crippen molar-refractivity contribution in [1.82, 2.24) is 15.2 Å². The fourth-order valence-electron chi connectivity index (χ4n) is 3.73. The minimum absolute atomic E-state index is 0.0197. The lowest BCUT2D eigenvalue weighted by molar-refractivity contribution is -0.116. The summed E-state index contributed by atoms with van der Waals surface area (Å²) in [6.45, 7) is 2.10. The van der Waals surface area contributed by atoms with Crippen LogP contribution < -0.4 is 15.8 Å². The molecule has 2 heterocycles. The van der Waals surface area contributed by atoms with E-state index in [0.717, 1.165) is 11.1 Å². The molecule has 0 spiro atoms. The van der Waals surface area contributed by atoms with Crippen molar-refractivity contribution in [3.63, 3.8) is 0 Å². The molecule has 190 valence electrons. The number of nitrogens with two attached hydrogens (primary N) is 1. The van der Waals surface area contributed by atoms with Crippen molar-refractivity contribution in [3.05, 3.63) is 83.0 Å². The Morgan fingerprint density at radius 2 is 1.82 bits per heavy atom. The molecule has 38 heavy (non-hydrogen) atoms. The summed E-state index contributed by atoms with van der Waals surface area (Å²) < 4.78 is 11.0. The topological polar surface area (TPSA) is 107 Å². The minimum Gasteiger partial charge on any atom is -0.504 e. The summed E-state index contributed by atoms with van der Waals surface area (Å²) in [5, 5.41) is 1.17. The quantitative estimate of drug-likeness (QED) is 0.345. The van der Waals surface area contributed by atoms with Crippen molar-refractivity contribution in [2.75, 3.05) is 38.6 Å². The molecule has 2 aromatic carbocycles. The maximum absolute atomic E-state index is 12.7. The first-order valence-electron chi connectivity index (χ1n) is 11.9. The first-order valence-corrected chi connectivity index (χ1v) is 12.3. The van der Waals surface area contributed by atoms with Crippen molar-refractivity contribution < 1.29 is 19.1 Å². The Kier molecular flexibility index (Phi) is 8.76. The van der Waals surface area contributed by atoms with Crippen molar-refractivity contribution in [2.24, 2.45) is 0 Å². The molecule has 11 heteroatoms. The highest BCUT2D eigenvalue weighted by molar-refractivity contribution is 6.40. The van der Waals surface area contributed by atoms with E-state index in [0.29, 0.717) is 48.3 Å². The highest BCUT2D eigenvalue weighted by atomic mass is 35.5. The van der Waals surface area contributed by atoms with E-state index in [-0.39, 0.29) is 18.2 Å². The molecule has 4 rings (SSSR count). The highest BCUT2D eigenvalue weighted by Gasteiger charge is 2.21. The number of amides is 2. The number of morpholine rings is 1. The number of carbonyl (C=O) groups is 2. The summed E-state index contributed by atoms with van der Waals surface area (Å²) in [6.07, 6.45) is 4.45. The van der Waals surface area contributed by atoms with Crippen LogP contribution in [0.3, 0.4) is 0 Å². The molecule has 1 aliphatic heterocycles. The Labute approximate surface area is 229 Å². The lowest BCUT2D eigenvalue weighted by Gasteiger charge is -2.28. The maximum atomic E-state index is 12.7. The average Bonchev–Trinajstić information content (AvgIpc) is 2.93. The number of aromatic nitrogens is 1. The third-order valence-electron chi connectivity index (χ3n) is 5.77. The molecule has 1 aromatic heterocycles. The summed E-state index contributed by atoms with van der Waals surface area (Å²) in [4.78, 5) is 30.5. The van der Waals surface area contributed by atoms with E-state index in [1.165, 1.54) is 6.08 Å². The van der Waals surface area contributed by atoms with Gasteiger partial charge in [-0.05, 0) is 59.2 Å². The van der Waals surface area contributed by atoms with Gasteiger partial charge >= 0.3 is 0 Å². The van der Waals surface area contributed by atoms with Crippen LogP contribution in [0.5, 0.6) is 5.75 Å². The van der Waals surface area contributed by atoms with Gasteiger partial charge in [-0.15, -0.1) is 0 Å². The standard InChI is InChI=1S/C27H25B2ClN4O4/c28-27(29,17-33-25(35)10-2-18-1-9-24(31)32-16-18)38-23-8-7-21(15-22(23)30)19-3-5-20(6-4-19)26(36)34-11-13-37-14-12-34/h1-10,15-16H,11-14,17H2,(H2,31,32)(H,33,35)/b10-2+. The Hall–Kier alpha value is -3.75. The number of rotatable bonds is 8. The molecule has 0 atom stereocenters. The van der Waals surface area contributed by atoms with Crippen LogP contribution in [0.1, 0.15) is 15.9 Å². The second-order valence-electron chi connectivity index (χ2n) is 8.75. The van der Waals surface area contributed by atoms with Crippen molar-refractivity contribution in [1.29, 1.82) is 0 Å². The Bertz CT molecular complexity index is 1310. The third kappa shape index (κ3) is 7.40. The average molecular weight is 527 g/mol. The number of hydrogen-bond donors (Lipinski definition) is 2. The van der Waals surface area contributed by atoms with Gasteiger partial charge in [0.1, 0.15) is 27.3 Å². The summed E-state index contributed by atoms with van der Waals surface area (Å²) in [5.41, 5.74) is 8.57. The van der Waals surface area contributed by atoms with Crippen LogP contribution in [0.15, 0.2) is 66.9 Å². The van der Waals surface area contributed by atoms with Crippen LogP contribution in [0.25, 0.3) is 17.2 Å². The van der Waals surface area contributed by atoms with E-state index in [1.54, 1.807) is 59.6 Å². The van der Waals surface area contributed by atoms with Gasteiger partial charge < -0.3 is 25.4 Å². The first-order chi connectivity index (χ1) is 18.2. The molecule has 8 nitrogen and oxygen atoms in total. The summed E-state index contributed by atoms with van der Waals surface area (Å²) in [7, 11) is 12.1. The smallest absolute Gasteiger partial charge is 0.254 e. The first kappa shape index (κ1) is 27.3. The molecule has 3 N–H and O–H groups in total. The lowest BCUT2D eigenvalue weighted by atomic mass is 9.65. The van der Waals surface area contributed by atoms with Crippen LogP contribution in [0.4, 0.5) is 5.82 Å². The predicted molar refractivity (Wildman–Crippen MR) is 149 cm³/mol. The molecule has 4 radical (unpaired) electrons. The number of nitrogens with zero attached hydrogens (tertiary/aromatic N) is 2. The van der Waals surface area contributed by atoms with Gasteiger partial charge in [0.25, 0.3) is 5.91 Å². The van der Waals surface area contributed by atoms with Crippen molar-refractivity contribution in [3.8, 4) is 16.9 Å². The van der Waals surface area contributed by atoms with Crippen LogP contribution in [-0.2, 0) is 9.53 Å². The van der Waals surface area contributed by atoms with E-state index < -0.39 is 11.3 Å². The number of benzene rings is 2. The molecular formula is C27H25B2ClN4O4. The third-order valence-corrected chi connectivity index (χ3v) is 6.07. The van der Waals surface area contributed by atoms with Crippen LogP contribution in [-0.4, -0.2) is 75.6 Å². The molecule has 0 saturated carbocycles. The van der Waals surface area contributed by atoms with E-state index in [4.69, 9.17) is 42.5 Å². The van der Waals surface area contributed by atoms with Gasteiger partial charge in [0.2, 0.25) is 5.91 Å². The van der Waals surface area contributed by atoms with Gasteiger partial charge in [0, 0.05) is 42.9 Å². The number of nitrogen functional groups attached to an aromatic ring is 1. The van der Waals surface area contributed by atoms with Gasteiger partial charge in [0.15, 0.2) is 0 Å². The Morgan fingerprint density at radius 3 is 2.47 bits per heavy atom. The zero-order valence-electron chi connectivity index (χ0n) is 20.6. The largest absolute Gasteiger partial charge is 0.504 e. The fourth-order valence-corrected chi connectivity index (χ4v) is 3.95. The van der Waals surface area contributed by atoms with E-state index in [2.05, 4.69) is 10.3 Å². The van der Waals surface area contributed by atoms with Crippen LogP contribution >= 0.6 is 11.6 Å². The normalized spacial score (nSPS) is 13.9. The number of ether oxygens (including phenoxy) is 2. The van der Waals surface area contributed by atoms with Crippen molar-refractivity contribution >= 4 is 51.0 Å². The molecule has 1 saturated heterocycles. The fraction of sp³-hybridized carbons (Fsp3) is 0.222. The van der Waals surface area contributed by atoms with Gasteiger partial charge in [-0.2, -0.15) is 0 Å². The monoisotopic (exact) mass is 526 g/mol. The van der Waals surface area contributed by atoms with E-state index in [9.17, 15) is 9.59 Å². The molecule has 1 fully saturated rings. The number of carbonyl (C=O) groups excluding carboxylic acids is 2. The van der Waals surface area contributed by atoms with E-state index in [1.807, 2.05) is 12.1 Å². The number of halogens is 1. The summed E-state index contributed by atoms with van der Waals surface area (Å²) in [6, 6.07) is 15.8. The highest BCUT2D eigenvalue weighted by Crippen LogP contribution is 2.32. The molecular weight excluding hydrogens is 501 g/mol. The molecule has 0 aliphatic carbocycles. The second kappa shape index (κ2) is 12.2. The minimum atomic E-state index is -1.71. The summed E-state index contributed by atoms with van der Waals surface area (Å²) >= 11 is 6.44. The molecule has 3 aromatic rings. The molecule has 0 unspecified atom stereocenters. The van der Waals surface area contributed by atoms with Gasteiger partial charge in [-0.1, -0.05) is 29.8 Å².